The lowest BCUT2D eigenvalue weighted by Crippen LogP contribution is -2.40. The number of nitrogens with zero attached hydrogens (tertiary/aromatic N) is 3. The zero-order valence-electron chi connectivity index (χ0n) is 11.3. The van der Waals surface area contributed by atoms with Gasteiger partial charge in [0, 0.05) is 13.1 Å². The molecule has 1 N–H and O–H groups in total. The van der Waals surface area contributed by atoms with Crippen LogP contribution in [0.2, 0.25) is 0 Å². The number of aromatic carboxylic acids is 1. The fraction of sp³-hybridized carbons (Fsp3) is 0.571. The molecule has 0 aromatic carbocycles. The molecule has 0 atom stereocenters. The highest BCUT2D eigenvalue weighted by atomic mass is 16.4. The van der Waals surface area contributed by atoms with E-state index < -0.39 is 5.97 Å². The van der Waals surface area contributed by atoms with E-state index in [0.29, 0.717) is 17.9 Å². The van der Waals surface area contributed by atoms with Crippen molar-refractivity contribution in [1.29, 1.82) is 0 Å². The summed E-state index contributed by atoms with van der Waals surface area (Å²) in [7, 11) is 1.82. The zero-order valence-corrected chi connectivity index (χ0v) is 11.3. The van der Waals surface area contributed by atoms with Crippen LogP contribution in [-0.4, -0.2) is 44.9 Å². The third kappa shape index (κ3) is 2.50. The van der Waals surface area contributed by atoms with Crippen LogP contribution >= 0.6 is 0 Å². The lowest BCUT2D eigenvalue weighted by Gasteiger charge is -2.28. The first-order chi connectivity index (χ1) is 9.58. The first-order valence-corrected chi connectivity index (χ1v) is 6.90. The van der Waals surface area contributed by atoms with Gasteiger partial charge >= 0.3 is 5.97 Å². The molecule has 106 valence electrons. The SMILES string of the molecule is CN(C(=O)c1cnc(C(=O)O)cn1)C(C1CC1)C1CC1. The van der Waals surface area contributed by atoms with Crippen molar-refractivity contribution in [2.75, 3.05) is 7.05 Å². The highest BCUT2D eigenvalue weighted by Crippen LogP contribution is 2.47. The lowest BCUT2D eigenvalue weighted by molar-refractivity contribution is 0.0669. The van der Waals surface area contributed by atoms with Crippen molar-refractivity contribution in [3.8, 4) is 0 Å². The summed E-state index contributed by atoms with van der Waals surface area (Å²) in [5.74, 6) is -0.0534. The fourth-order valence-corrected chi connectivity index (χ4v) is 2.76. The van der Waals surface area contributed by atoms with Crippen molar-refractivity contribution in [3.05, 3.63) is 23.8 Å². The summed E-state index contributed by atoms with van der Waals surface area (Å²) in [6.07, 6.45) is 7.17. The van der Waals surface area contributed by atoms with E-state index in [0.717, 1.165) is 6.20 Å². The second kappa shape index (κ2) is 4.85. The second-order valence-corrected chi connectivity index (χ2v) is 5.67. The number of carboxylic acid groups (broad SMARTS) is 1. The highest BCUT2D eigenvalue weighted by Gasteiger charge is 2.45. The van der Waals surface area contributed by atoms with Crippen LogP contribution in [0.4, 0.5) is 0 Å². The largest absolute Gasteiger partial charge is 0.476 e. The van der Waals surface area contributed by atoms with Crippen molar-refractivity contribution >= 4 is 11.9 Å². The molecule has 2 aliphatic rings. The van der Waals surface area contributed by atoms with Gasteiger partial charge in [0.15, 0.2) is 5.69 Å². The van der Waals surface area contributed by atoms with E-state index in [9.17, 15) is 9.59 Å². The molecule has 0 saturated heterocycles. The van der Waals surface area contributed by atoms with E-state index >= 15 is 0 Å². The summed E-state index contributed by atoms with van der Waals surface area (Å²) in [5, 5.41) is 8.78. The molecule has 3 rings (SSSR count). The maximum Gasteiger partial charge on any atom is 0.356 e. The molecule has 1 heterocycles. The molecule has 2 fully saturated rings. The second-order valence-electron chi connectivity index (χ2n) is 5.67. The smallest absolute Gasteiger partial charge is 0.356 e. The molecule has 0 aliphatic heterocycles. The minimum atomic E-state index is -1.14. The quantitative estimate of drug-likeness (QED) is 0.879. The van der Waals surface area contributed by atoms with Crippen molar-refractivity contribution in [3.63, 3.8) is 0 Å². The summed E-state index contributed by atoms with van der Waals surface area (Å²) in [6.45, 7) is 0. The highest BCUT2D eigenvalue weighted by molar-refractivity contribution is 5.92. The van der Waals surface area contributed by atoms with E-state index in [4.69, 9.17) is 5.11 Å². The Hall–Kier alpha value is -1.98. The molecule has 0 unspecified atom stereocenters. The van der Waals surface area contributed by atoms with Gasteiger partial charge in [0.05, 0.1) is 12.4 Å². The van der Waals surface area contributed by atoms with Gasteiger partial charge in [0.25, 0.3) is 5.91 Å². The van der Waals surface area contributed by atoms with Gasteiger partial charge in [-0.1, -0.05) is 0 Å². The molecule has 1 aromatic heterocycles. The van der Waals surface area contributed by atoms with Crippen molar-refractivity contribution < 1.29 is 14.7 Å². The Bertz CT molecular complexity index is 523. The van der Waals surface area contributed by atoms with Crippen LogP contribution in [0.1, 0.15) is 46.7 Å². The van der Waals surface area contributed by atoms with Crippen LogP contribution < -0.4 is 0 Å². The topological polar surface area (TPSA) is 83.4 Å². The lowest BCUT2D eigenvalue weighted by atomic mass is 10.1. The third-order valence-electron chi connectivity index (χ3n) is 4.07. The van der Waals surface area contributed by atoms with Crippen LogP contribution in [-0.2, 0) is 0 Å². The average Bonchev–Trinajstić information content (AvgIpc) is 3.32. The zero-order chi connectivity index (χ0) is 14.3. The van der Waals surface area contributed by atoms with Crippen LogP contribution in [0.25, 0.3) is 0 Å². The Morgan fingerprint density at radius 1 is 1.15 bits per heavy atom. The minimum absolute atomic E-state index is 0.148. The van der Waals surface area contributed by atoms with E-state index in [1.54, 1.807) is 4.90 Å². The number of rotatable bonds is 5. The number of carbonyl (C=O) groups is 2. The predicted molar refractivity (Wildman–Crippen MR) is 70.3 cm³/mol. The Morgan fingerprint density at radius 2 is 1.65 bits per heavy atom. The monoisotopic (exact) mass is 275 g/mol. The molecule has 6 nitrogen and oxygen atoms in total. The van der Waals surface area contributed by atoms with Crippen LogP contribution in [0.3, 0.4) is 0 Å². The number of carbonyl (C=O) groups excluding carboxylic acids is 1. The summed E-state index contributed by atoms with van der Waals surface area (Å²) >= 11 is 0. The molecule has 0 radical (unpaired) electrons. The van der Waals surface area contributed by atoms with Gasteiger partial charge in [-0.2, -0.15) is 0 Å². The molecule has 2 saturated carbocycles. The van der Waals surface area contributed by atoms with Crippen LogP contribution in [0.15, 0.2) is 12.4 Å². The van der Waals surface area contributed by atoms with Gasteiger partial charge in [-0.25, -0.2) is 14.8 Å². The summed E-state index contributed by atoms with van der Waals surface area (Å²) in [4.78, 5) is 32.6. The minimum Gasteiger partial charge on any atom is -0.476 e. The number of hydrogen-bond acceptors (Lipinski definition) is 4. The van der Waals surface area contributed by atoms with E-state index in [-0.39, 0.29) is 17.3 Å². The summed E-state index contributed by atoms with van der Waals surface area (Å²) in [6, 6.07) is 0.309. The molecule has 1 aromatic rings. The normalized spacial score (nSPS) is 18.1. The fourth-order valence-electron chi connectivity index (χ4n) is 2.76. The van der Waals surface area contributed by atoms with Gasteiger partial charge in [-0.05, 0) is 37.5 Å². The first kappa shape index (κ1) is 13.0. The van der Waals surface area contributed by atoms with Crippen molar-refractivity contribution in [2.45, 2.75) is 31.7 Å². The van der Waals surface area contributed by atoms with E-state index in [1.165, 1.54) is 31.9 Å². The molecule has 0 bridgehead atoms. The van der Waals surface area contributed by atoms with Crippen molar-refractivity contribution in [2.24, 2.45) is 11.8 Å². The Morgan fingerprint density at radius 3 is 2.05 bits per heavy atom. The maximum absolute atomic E-state index is 12.4. The summed E-state index contributed by atoms with van der Waals surface area (Å²) < 4.78 is 0. The predicted octanol–water partition coefficient (Wildman–Crippen LogP) is 1.44. The van der Waals surface area contributed by atoms with E-state index in [2.05, 4.69) is 9.97 Å². The van der Waals surface area contributed by atoms with Gasteiger partial charge in [0.2, 0.25) is 0 Å². The Kier molecular flexibility index (Phi) is 3.16. The van der Waals surface area contributed by atoms with Crippen molar-refractivity contribution in [1.82, 2.24) is 14.9 Å². The molecule has 2 aliphatic carbocycles. The Labute approximate surface area is 116 Å². The summed E-state index contributed by atoms with van der Waals surface area (Å²) in [5.41, 5.74) is 0.0638. The van der Waals surface area contributed by atoms with Gasteiger partial charge in [0.1, 0.15) is 5.69 Å². The number of hydrogen-bond donors (Lipinski definition) is 1. The Balaban J connectivity index is 1.75. The molecular weight excluding hydrogens is 258 g/mol. The number of aromatic nitrogens is 2. The van der Waals surface area contributed by atoms with Gasteiger partial charge in [-0.15, -0.1) is 0 Å². The number of carboxylic acids is 1. The average molecular weight is 275 g/mol. The molecular formula is C14H17N3O3. The van der Waals surface area contributed by atoms with E-state index in [1.807, 2.05) is 7.05 Å². The molecule has 20 heavy (non-hydrogen) atoms. The molecule has 6 heteroatoms. The third-order valence-corrected chi connectivity index (χ3v) is 4.07. The van der Waals surface area contributed by atoms with Crippen LogP contribution in [0, 0.1) is 11.8 Å². The molecule has 0 spiro atoms. The van der Waals surface area contributed by atoms with Crippen LogP contribution in [0.5, 0.6) is 0 Å². The standard InChI is InChI=1S/C14H17N3O3/c1-17(12(8-2-3-8)9-4-5-9)13(18)10-6-16-11(7-15-10)14(19)20/h6-9,12H,2-5H2,1H3,(H,19,20). The van der Waals surface area contributed by atoms with Gasteiger partial charge < -0.3 is 10.0 Å². The first-order valence-electron chi connectivity index (χ1n) is 6.90. The maximum atomic E-state index is 12.4. The number of amides is 1. The molecule has 1 amide bonds. The van der Waals surface area contributed by atoms with Gasteiger partial charge in [-0.3, -0.25) is 4.79 Å².